The SMILES string of the molecule is CCn1c(CN2CC3(CCC3)CS2(=O)=O)nc2c(F)cccc21. The van der Waals surface area contributed by atoms with Crippen LogP contribution in [-0.4, -0.2) is 34.6 Å². The highest BCUT2D eigenvalue weighted by atomic mass is 32.2. The van der Waals surface area contributed by atoms with Crippen LogP contribution in [0.5, 0.6) is 0 Å². The summed E-state index contributed by atoms with van der Waals surface area (Å²) in [7, 11) is -3.24. The van der Waals surface area contributed by atoms with Gasteiger partial charge in [-0.2, -0.15) is 4.31 Å². The fraction of sp³-hybridized carbons (Fsp3) is 0.562. The minimum absolute atomic E-state index is 0.0485. The molecule has 1 aliphatic carbocycles. The molecule has 1 aromatic heterocycles. The van der Waals surface area contributed by atoms with Gasteiger partial charge < -0.3 is 4.57 Å². The van der Waals surface area contributed by atoms with Crippen LogP contribution in [0.4, 0.5) is 4.39 Å². The third-order valence-electron chi connectivity index (χ3n) is 5.25. The number of rotatable bonds is 3. The molecule has 1 saturated heterocycles. The van der Waals surface area contributed by atoms with Crippen molar-refractivity contribution in [1.82, 2.24) is 13.9 Å². The lowest BCUT2D eigenvalue weighted by Crippen LogP contribution is -2.34. The number of hydrogen-bond donors (Lipinski definition) is 0. The summed E-state index contributed by atoms with van der Waals surface area (Å²) in [4.78, 5) is 4.39. The van der Waals surface area contributed by atoms with Gasteiger partial charge in [-0.1, -0.05) is 12.5 Å². The Labute approximate surface area is 135 Å². The molecule has 1 spiro atoms. The van der Waals surface area contributed by atoms with Crippen molar-refractivity contribution in [1.29, 1.82) is 0 Å². The number of hydrogen-bond acceptors (Lipinski definition) is 3. The first kappa shape index (κ1) is 15.1. The topological polar surface area (TPSA) is 55.2 Å². The van der Waals surface area contributed by atoms with Crippen molar-refractivity contribution in [2.24, 2.45) is 5.41 Å². The Balaban J connectivity index is 1.71. The van der Waals surface area contributed by atoms with E-state index < -0.39 is 10.0 Å². The lowest BCUT2D eigenvalue weighted by molar-refractivity contribution is 0.150. The van der Waals surface area contributed by atoms with Crippen molar-refractivity contribution in [3.8, 4) is 0 Å². The fourth-order valence-corrected chi connectivity index (χ4v) is 6.04. The van der Waals surface area contributed by atoms with Crippen molar-refractivity contribution in [3.63, 3.8) is 0 Å². The second-order valence-corrected chi connectivity index (χ2v) is 8.73. The van der Waals surface area contributed by atoms with E-state index in [0.29, 0.717) is 24.4 Å². The van der Waals surface area contributed by atoms with Gasteiger partial charge in [-0.15, -0.1) is 0 Å². The maximum atomic E-state index is 14.0. The molecule has 0 unspecified atom stereocenters. The van der Waals surface area contributed by atoms with Crippen LogP contribution < -0.4 is 0 Å². The van der Waals surface area contributed by atoms with Crippen LogP contribution in [0.3, 0.4) is 0 Å². The van der Waals surface area contributed by atoms with E-state index in [1.165, 1.54) is 10.4 Å². The molecule has 1 saturated carbocycles. The van der Waals surface area contributed by atoms with E-state index in [0.717, 1.165) is 24.8 Å². The summed E-state index contributed by atoms with van der Waals surface area (Å²) in [5, 5.41) is 0. The smallest absolute Gasteiger partial charge is 0.215 e. The molecule has 23 heavy (non-hydrogen) atoms. The van der Waals surface area contributed by atoms with Crippen molar-refractivity contribution in [2.45, 2.75) is 39.3 Å². The minimum Gasteiger partial charge on any atom is -0.327 e. The number of benzene rings is 1. The van der Waals surface area contributed by atoms with Gasteiger partial charge in [0.25, 0.3) is 0 Å². The van der Waals surface area contributed by atoms with Gasteiger partial charge in [-0.3, -0.25) is 0 Å². The first-order valence-corrected chi connectivity index (χ1v) is 9.66. The van der Waals surface area contributed by atoms with E-state index >= 15 is 0 Å². The number of fused-ring (bicyclic) bond motifs is 1. The Kier molecular flexibility index (Phi) is 3.29. The lowest BCUT2D eigenvalue weighted by Gasteiger charge is -2.36. The number of sulfonamides is 1. The predicted molar refractivity (Wildman–Crippen MR) is 85.8 cm³/mol. The average molecular weight is 337 g/mol. The van der Waals surface area contributed by atoms with E-state index in [2.05, 4.69) is 4.98 Å². The molecule has 0 radical (unpaired) electrons. The van der Waals surface area contributed by atoms with Crippen molar-refractivity contribution in [2.75, 3.05) is 12.3 Å². The number of aryl methyl sites for hydroxylation is 1. The summed E-state index contributed by atoms with van der Waals surface area (Å²) >= 11 is 0. The van der Waals surface area contributed by atoms with E-state index in [1.54, 1.807) is 6.07 Å². The minimum atomic E-state index is -3.24. The van der Waals surface area contributed by atoms with Crippen LogP contribution in [0.25, 0.3) is 11.0 Å². The molecule has 1 aromatic carbocycles. The number of nitrogens with zero attached hydrogens (tertiary/aromatic N) is 3. The van der Waals surface area contributed by atoms with E-state index in [4.69, 9.17) is 0 Å². The average Bonchev–Trinajstić information content (AvgIpc) is 2.95. The highest BCUT2D eigenvalue weighted by Crippen LogP contribution is 2.47. The molecule has 0 amide bonds. The highest BCUT2D eigenvalue weighted by Gasteiger charge is 2.50. The zero-order valence-electron chi connectivity index (χ0n) is 13.1. The maximum absolute atomic E-state index is 14.0. The molecule has 5 nitrogen and oxygen atoms in total. The Morgan fingerprint density at radius 2 is 2.13 bits per heavy atom. The van der Waals surface area contributed by atoms with Crippen LogP contribution in [0.1, 0.15) is 32.0 Å². The molecule has 4 rings (SSSR count). The Morgan fingerprint density at radius 3 is 2.74 bits per heavy atom. The summed E-state index contributed by atoms with van der Waals surface area (Å²) in [5.74, 6) is 0.504. The summed E-state index contributed by atoms with van der Waals surface area (Å²) in [6, 6.07) is 4.87. The van der Waals surface area contributed by atoms with E-state index in [9.17, 15) is 12.8 Å². The van der Waals surface area contributed by atoms with Crippen LogP contribution in [0, 0.1) is 11.2 Å². The Hall–Kier alpha value is -1.47. The Bertz CT molecular complexity index is 871. The quantitative estimate of drug-likeness (QED) is 0.865. The number of halogens is 1. The molecule has 124 valence electrons. The molecule has 2 aliphatic rings. The Morgan fingerprint density at radius 1 is 1.35 bits per heavy atom. The standard InChI is InChI=1S/C16H20FN3O2S/c1-2-20-13-6-3-5-12(17)15(13)18-14(20)9-19-10-16(7-4-8-16)11-23(19,21)22/h3,5-6H,2,4,7-11H2,1H3. The molecule has 0 N–H and O–H groups in total. The largest absolute Gasteiger partial charge is 0.327 e. The molecule has 2 heterocycles. The summed E-state index contributed by atoms with van der Waals surface area (Å²) in [6.45, 7) is 3.40. The van der Waals surface area contributed by atoms with Gasteiger partial charge in [0.15, 0.2) is 5.82 Å². The highest BCUT2D eigenvalue weighted by molar-refractivity contribution is 7.89. The molecule has 7 heteroatoms. The first-order valence-electron chi connectivity index (χ1n) is 8.06. The maximum Gasteiger partial charge on any atom is 0.215 e. The summed E-state index contributed by atoms with van der Waals surface area (Å²) in [6.07, 6.45) is 3.09. The zero-order chi connectivity index (χ0) is 16.2. The third-order valence-corrected chi connectivity index (χ3v) is 7.27. The predicted octanol–water partition coefficient (Wildman–Crippen LogP) is 2.51. The van der Waals surface area contributed by atoms with Crippen LogP contribution in [-0.2, 0) is 23.1 Å². The van der Waals surface area contributed by atoms with Gasteiger partial charge in [-0.25, -0.2) is 17.8 Å². The molecular formula is C16H20FN3O2S. The van der Waals surface area contributed by atoms with Gasteiger partial charge in [0.05, 0.1) is 17.8 Å². The molecule has 0 atom stereocenters. The van der Waals surface area contributed by atoms with Crippen molar-refractivity contribution < 1.29 is 12.8 Å². The normalized spacial score (nSPS) is 22.7. The first-order chi connectivity index (χ1) is 10.9. The number of imidazole rings is 1. The second kappa shape index (κ2) is 5.01. The molecule has 2 aromatic rings. The molecule has 1 aliphatic heterocycles. The second-order valence-electron chi connectivity index (χ2n) is 6.76. The summed E-state index contributed by atoms with van der Waals surface area (Å²) in [5.41, 5.74) is 0.990. The van der Waals surface area contributed by atoms with Gasteiger partial charge in [0.2, 0.25) is 10.0 Å². The van der Waals surface area contributed by atoms with Crippen molar-refractivity contribution >= 4 is 21.1 Å². The van der Waals surface area contributed by atoms with Gasteiger partial charge in [0, 0.05) is 13.1 Å². The van der Waals surface area contributed by atoms with E-state index in [-0.39, 0.29) is 23.5 Å². The van der Waals surface area contributed by atoms with Crippen molar-refractivity contribution in [3.05, 3.63) is 29.8 Å². The van der Waals surface area contributed by atoms with Gasteiger partial charge in [-0.05, 0) is 37.3 Å². The zero-order valence-corrected chi connectivity index (χ0v) is 13.9. The number of aromatic nitrogens is 2. The molecule has 0 bridgehead atoms. The lowest BCUT2D eigenvalue weighted by atomic mass is 9.70. The van der Waals surface area contributed by atoms with Crippen LogP contribution >= 0.6 is 0 Å². The number of para-hydroxylation sites is 1. The monoisotopic (exact) mass is 337 g/mol. The third kappa shape index (κ3) is 2.29. The summed E-state index contributed by atoms with van der Waals surface area (Å²) < 4.78 is 42.3. The van der Waals surface area contributed by atoms with Gasteiger partial charge >= 0.3 is 0 Å². The fourth-order valence-electron chi connectivity index (χ4n) is 3.92. The molecular weight excluding hydrogens is 317 g/mol. The van der Waals surface area contributed by atoms with E-state index in [1.807, 2.05) is 17.6 Å². The van der Waals surface area contributed by atoms with Crippen LogP contribution in [0.2, 0.25) is 0 Å². The molecule has 2 fully saturated rings. The van der Waals surface area contributed by atoms with Gasteiger partial charge in [0.1, 0.15) is 11.3 Å². The van der Waals surface area contributed by atoms with Crippen LogP contribution in [0.15, 0.2) is 18.2 Å².